The van der Waals surface area contributed by atoms with E-state index in [0.717, 1.165) is 0 Å². The Hall–Kier alpha value is -3.48. The fourth-order valence-corrected chi connectivity index (χ4v) is 3.55. The van der Waals surface area contributed by atoms with E-state index in [9.17, 15) is 18.0 Å². The van der Waals surface area contributed by atoms with Gasteiger partial charge in [0.15, 0.2) is 0 Å². The van der Waals surface area contributed by atoms with Gasteiger partial charge in [-0.2, -0.15) is 8.78 Å². The smallest absolute Gasteiger partial charge is 0.387 e. The molecule has 1 aromatic heterocycles. The zero-order valence-corrected chi connectivity index (χ0v) is 14.5. The normalized spacial score (nSPS) is 11.4. The third kappa shape index (κ3) is 2.94. The fraction of sp³-hybridized carbons (Fsp3) is 0.0952. The van der Waals surface area contributed by atoms with Crippen LogP contribution in [-0.2, 0) is 6.54 Å². The molecule has 0 radical (unpaired) electrons. The molecule has 0 unspecified atom stereocenters. The van der Waals surface area contributed by atoms with Crippen LogP contribution < -0.4 is 10.5 Å². The maximum absolute atomic E-state index is 14.7. The van der Waals surface area contributed by atoms with Gasteiger partial charge in [-0.25, -0.2) is 4.39 Å². The molecular formula is C21H15F3N2O2. The summed E-state index contributed by atoms with van der Waals surface area (Å²) >= 11 is 0. The standard InChI is InChI=1S/C21H15F3N2O2/c22-15-8-3-6-13-18-14(20(25)27)7-4-9-16(18)26(19(13)15)11-12-5-1-2-10-17(12)28-21(23)24/h1-10,21H,11H2,(H2,25,27). The van der Waals surface area contributed by atoms with Gasteiger partial charge in [0.05, 0.1) is 17.6 Å². The number of primary amides is 1. The maximum Gasteiger partial charge on any atom is 0.387 e. The highest BCUT2D eigenvalue weighted by molar-refractivity contribution is 6.17. The van der Waals surface area contributed by atoms with Crippen LogP contribution in [0.1, 0.15) is 15.9 Å². The molecule has 0 atom stereocenters. The lowest BCUT2D eigenvalue weighted by atomic mass is 10.1. The number of rotatable bonds is 5. The summed E-state index contributed by atoms with van der Waals surface area (Å²) in [6.45, 7) is -2.90. The van der Waals surface area contributed by atoms with Crippen molar-refractivity contribution in [3.63, 3.8) is 0 Å². The van der Waals surface area contributed by atoms with E-state index in [4.69, 9.17) is 5.73 Å². The number of aromatic nitrogens is 1. The van der Waals surface area contributed by atoms with Crippen LogP contribution in [0.15, 0.2) is 60.7 Å². The molecule has 1 heterocycles. The predicted molar refractivity (Wildman–Crippen MR) is 100 cm³/mol. The van der Waals surface area contributed by atoms with Gasteiger partial charge in [0, 0.05) is 21.9 Å². The zero-order valence-electron chi connectivity index (χ0n) is 14.5. The van der Waals surface area contributed by atoms with E-state index in [-0.39, 0.29) is 23.4 Å². The van der Waals surface area contributed by atoms with Crippen molar-refractivity contribution in [1.29, 1.82) is 0 Å². The molecule has 1 amide bonds. The van der Waals surface area contributed by atoms with Crippen molar-refractivity contribution in [2.75, 3.05) is 0 Å². The Balaban J connectivity index is 2.00. The molecule has 0 saturated carbocycles. The highest BCUT2D eigenvalue weighted by atomic mass is 19.3. The Labute approximate surface area is 157 Å². The molecular weight excluding hydrogens is 369 g/mol. The van der Waals surface area contributed by atoms with E-state index in [1.54, 1.807) is 53.1 Å². The number of halogens is 3. The van der Waals surface area contributed by atoms with Gasteiger partial charge >= 0.3 is 6.61 Å². The number of carbonyl (C=O) groups is 1. The Morgan fingerprint density at radius 2 is 1.79 bits per heavy atom. The summed E-state index contributed by atoms with van der Waals surface area (Å²) < 4.78 is 46.5. The van der Waals surface area contributed by atoms with Gasteiger partial charge in [-0.05, 0) is 24.3 Å². The van der Waals surface area contributed by atoms with Crippen molar-refractivity contribution in [3.05, 3.63) is 77.6 Å². The van der Waals surface area contributed by atoms with Gasteiger partial charge in [-0.15, -0.1) is 0 Å². The Morgan fingerprint density at radius 3 is 2.54 bits per heavy atom. The molecule has 142 valence electrons. The number of hydrogen-bond acceptors (Lipinski definition) is 2. The molecule has 0 fully saturated rings. The molecule has 0 aliphatic carbocycles. The minimum Gasteiger partial charge on any atom is -0.434 e. The van der Waals surface area contributed by atoms with Crippen LogP contribution >= 0.6 is 0 Å². The summed E-state index contributed by atoms with van der Waals surface area (Å²) in [4.78, 5) is 11.9. The van der Waals surface area contributed by atoms with Crippen LogP contribution in [0.4, 0.5) is 13.2 Å². The molecule has 0 saturated heterocycles. The van der Waals surface area contributed by atoms with Crippen LogP contribution in [-0.4, -0.2) is 17.1 Å². The van der Waals surface area contributed by atoms with Crippen molar-refractivity contribution in [3.8, 4) is 5.75 Å². The van der Waals surface area contributed by atoms with Crippen LogP contribution in [0, 0.1) is 5.82 Å². The average molecular weight is 384 g/mol. The van der Waals surface area contributed by atoms with E-state index in [1.807, 2.05) is 0 Å². The number of fused-ring (bicyclic) bond motifs is 3. The Bertz CT molecular complexity index is 1200. The lowest BCUT2D eigenvalue weighted by Crippen LogP contribution is -2.11. The molecule has 3 aromatic carbocycles. The summed E-state index contributed by atoms with van der Waals surface area (Å²) in [5.41, 5.74) is 7.06. The Morgan fingerprint density at radius 1 is 1.04 bits per heavy atom. The van der Waals surface area contributed by atoms with E-state index in [2.05, 4.69) is 4.74 Å². The number of carbonyl (C=O) groups excluding carboxylic acids is 1. The third-order valence-corrected chi connectivity index (χ3v) is 4.64. The average Bonchev–Trinajstić information content (AvgIpc) is 2.98. The van der Waals surface area contributed by atoms with Gasteiger partial charge in [0.2, 0.25) is 5.91 Å². The maximum atomic E-state index is 14.7. The van der Waals surface area contributed by atoms with Crippen molar-refractivity contribution < 1.29 is 22.7 Å². The number of nitrogens with two attached hydrogens (primary N) is 1. The molecule has 0 aliphatic rings. The first-order valence-electron chi connectivity index (χ1n) is 8.49. The number of amides is 1. The van der Waals surface area contributed by atoms with Crippen LogP contribution in [0.25, 0.3) is 21.8 Å². The number of benzene rings is 3. The summed E-state index contributed by atoms with van der Waals surface area (Å²) in [5, 5.41) is 1.05. The number of nitrogens with zero attached hydrogens (tertiary/aromatic N) is 1. The lowest BCUT2D eigenvalue weighted by molar-refractivity contribution is -0.0504. The van der Waals surface area contributed by atoms with Crippen LogP contribution in [0.3, 0.4) is 0 Å². The summed E-state index contributed by atoms with van der Waals surface area (Å²) in [7, 11) is 0. The van der Waals surface area contributed by atoms with E-state index in [0.29, 0.717) is 21.9 Å². The molecule has 7 heteroatoms. The Kier molecular flexibility index (Phi) is 4.43. The van der Waals surface area contributed by atoms with Gasteiger partial charge in [-0.1, -0.05) is 36.4 Å². The van der Waals surface area contributed by atoms with E-state index in [1.165, 1.54) is 12.1 Å². The molecule has 4 aromatic rings. The predicted octanol–water partition coefficient (Wildman–Crippen LogP) is 4.68. The molecule has 0 bridgehead atoms. The first kappa shape index (κ1) is 17.9. The second-order valence-electron chi connectivity index (χ2n) is 6.27. The van der Waals surface area contributed by atoms with Gasteiger partial charge in [0.1, 0.15) is 11.6 Å². The molecule has 0 aliphatic heterocycles. The first-order valence-corrected chi connectivity index (χ1v) is 8.49. The highest BCUT2D eigenvalue weighted by Crippen LogP contribution is 2.34. The minimum atomic E-state index is -2.97. The number of alkyl halides is 2. The number of ether oxygens (including phenoxy) is 1. The van der Waals surface area contributed by atoms with Gasteiger partial charge < -0.3 is 15.0 Å². The minimum absolute atomic E-state index is 0.00916. The number of para-hydroxylation sites is 2. The van der Waals surface area contributed by atoms with Gasteiger partial charge in [-0.3, -0.25) is 4.79 Å². The SMILES string of the molecule is NC(=O)c1cccc2c1c1cccc(F)c1n2Cc1ccccc1OC(F)F. The topological polar surface area (TPSA) is 57.2 Å². The lowest BCUT2D eigenvalue weighted by Gasteiger charge is -2.13. The van der Waals surface area contributed by atoms with Crippen molar-refractivity contribution >= 4 is 27.7 Å². The summed E-state index contributed by atoms with van der Waals surface area (Å²) in [6, 6.07) is 15.9. The van der Waals surface area contributed by atoms with Gasteiger partial charge in [0.25, 0.3) is 0 Å². The number of hydrogen-bond donors (Lipinski definition) is 1. The largest absolute Gasteiger partial charge is 0.434 e. The third-order valence-electron chi connectivity index (χ3n) is 4.64. The fourth-order valence-electron chi connectivity index (χ4n) is 3.55. The van der Waals surface area contributed by atoms with Crippen LogP contribution in [0.5, 0.6) is 5.75 Å². The molecule has 28 heavy (non-hydrogen) atoms. The second-order valence-corrected chi connectivity index (χ2v) is 6.27. The summed E-state index contributed by atoms with van der Waals surface area (Å²) in [5.74, 6) is -1.11. The quantitative estimate of drug-likeness (QED) is 0.543. The molecule has 0 spiro atoms. The van der Waals surface area contributed by atoms with Crippen molar-refractivity contribution in [1.82, 2.24) is 4.57 Å². The molecule has 4 rings (SSSR count). The van der Waals surface area contributed by atoms with E-state index >= 15 is 0 Å². The second kappa shape index (κ2) is 6.92. The molecule has 4 nitrogen and oxygen atoms in total. The van der Waals surface area contributed by atoms with Crippen molar-refractivity contribution in [2.45, 2.75) is 13.2 Å². The first-order chi connectivity index (χ1) is 13.5. The van der Waals surface area contributed by atoms with Crippen LogP contribution in [0.2, 0.25) is 0 Å². The van der Waals surface area contributed by atoms with E-state index < -0.39 is 18.3 Å². The summed E-state index contributed by atoms with van der Waals surface area (Å²) in [6.07, 6.45) is 0. The molecule has 2 N–H and O–H groups in total. The zero-order chi connectivity index (χ0) is 19.8. The monoisotopic (exact) mass is 384 g/mol. The highest BCUT2D eigenvalue weighted by Gasteiger charge is 2.20. The van der Waals surface area contributed by atoms with Crippen molar-refractivity contribution in [2.24, 2.45) is 5.73 Å².